The topological polar surface area (TPSA) is 67.3 Å². The molecular weight excluding hydrogens is 579 g/mol. The number of halogens is 2. The van der Waals surface area contributed by atoms with E-state index in [1.54, 1.807) is 6.33 Å². The predicted octanol–water partition coefficient (Wildman–Crippen LogP) is 7.98. The molecule has 0 saturated carbocycles. The summed E-state index contributed by atoms with van der Waals surface area (Å²) in [6.45, 7) is 2.80. The lowest BCUT2D eigenvalue weighted by atomic mass is 9.84. The minimum atomic E-state index is -0.312. The first-order chi connectivity index (χ1) is 21.0. The third-order valence-electron chi connectivity index (χ3n) is 8.11. The van der Waals surface area contributed by atoms with Gasteiger partial charge in [-0.1, -0.05) is 65.7 Å². The molecular formula is C35H32Cl2N4O2. The number of anilines is 1. The number of methoxy groups -OCH3 is 1. The van der Waals surface area contributed by atoms with Crippen molar-refractivity contribution in [3.63, 3.8) is 0 Å². The lowest BCUT2D eigenvalue weighted by Gasteiger charge is -2.32. The molecule has 0 radical (unpaired) electrons. The number of hydrogen-bond acceptors (Lipinski definition) is 6. The van der Waals surface area contributed by atoms with E-state index in [0.29, 0.717) is 21.7 Å². The Morgan fingerprint density at radius 3 is 2.07 bits per heavy atom. The van der Waals surface area contributed by atoms with Crippen LogP contribution in [0, 0.1) is 0 Å². The number of likely N-dealkylation sites (tertiary alicyclic amines) is 1. The first-order valence-corrected chi connectivity index (χ1v) is 15.1. The van der Waals surface area contributed by atoms with Gasteiger partial charge in [0, 0.05) is 47.0 Å². The van der Waals surface area contributed by atoms with Crippen molar-refractivity contribution in [2.24, 2.45) is 0 Å². The molecule has 1 fully saturated rings. The van der Waals surface area contributed by atoms with Crippen molar-refractivity contribution in [1.29, 1.82) is 0 Å². The molecule has 0 aliphatic carbocycles. The Hall–Kier alpha value is -3.97. The summed E-state index contributed by atoms with van der Waals surface area (Å²) in [5.41, 5.74) is 6.09. The number of benzene rings is 4. The summed E-state index contributed by atoms with van der Waals surface area (Å²) in [7, 11) is 1.40. The van der Waals surface area contributed by atoms with Crippen molar-refractivity contribution in [3.05, 3.63) is 135 Å². The summed E-state index contributed by atoms with van der Waals surface area (Å²) in [5, 5.41) is 6.15. The highest BCUT2D eigenvalue weighted by Crippen LogP contribution is 2.35. The first-order valence-electron chi connectivity index (χ1n) is 14.4. The van der Waals surface area contributed by atoms with Gasteiger partial charge in [0.1, 0.15) is 12.1 Å². The van der Waals surface area contributed by atoms with Crippen LogP contribution in [0.5, 0.6) is 0 Å². The Morgan fingerprint density at radius 2 is 1.47 bits per heavy atom. The summed E-state index contributed by atoms with van der Waals surface area (Å²) in [6.07, 6.45) is 3.64. The van der Waals surface area contributed by atoms with Crippen molar-refractivity contribution < 1.29 is 9.53 Å². The van der Waals surface area contributed by atoms with Crippen LogP contribution in [0.15, 0.2) is 97.3 Å². The van der Waals surface area contributed by atoms with Crippen LogP contribution in [0.1, 0.15) is 51.4 Å². The average molecular weight is 612 g/mol. The maximum atomic E-state index is 11.7. The summed E-state index contributed by atoms with van der Waals surface area (Å²) < 4.78 is 4.81. The van der Waals surface area contributed by atoms with Crippen molar-refractivity contribution in [2.75, 3.05) is 25.5 Å². The van der Waals surface area contributed by atoms with Crippen LogP contribution >= 0.6 is 23.2 Å². The second kappa shape index (κ2) is 13.1. The Labute approximate surface area is 261 Å². The van der Waals surface area contributed by atoms with Gasteiger partial charge in [-0.2, -0.15) is 0 Å². The van der Waals surface area contributed by atoms with Crippen molar-refractivity contribution in [1.82, 2.24) is 14.9 Å². The van der Waals surface area contributed by atoms with Gasteiger partial charge in [0.25, 0.3) is 0 Å². The number of nitrogens with zero attached hydrogens (tertiary/aromatic N) is 3. The molecule has 2 heterocycles. The molecule has 218 valence electrons. The summed E-state index contributed by atoms with van der Waals surface area (Å²) in [5.74, 6) is 0.542. The van der Waals surface area contributed by atoms with Crippen LogP contribution in [0.3, 0.4) is 0 Å². The van der Waals surface area contributed by atoms with Gasteiger partial charge in [-0.05, 0) is 83.6 Å². The van der Waals surface area contributed by atoms with Crippen LogP contribution in [-0.2, 0) is 11.3 Å². The summed E-state index contributed by atoms with van der Waals surface area (Å²) in [4.78, 5) is 23.4. The van der Waals surface area contributed by atoms with E-state index in [1.807, 2.05) is 48.5 Å². The highest BCUT2D eigenvalue weighted by atomic mass is 35.5. The smallest absolute Gasteiger partial charge is 0.337 e. The summed E-state index contributed by atoms with van der Waals surface area (Å²) >= 11 is 12.5. The SMILES string of the molecule is COC(=O)c1ccc(CN2CCC(Nc3ncnc4ccc(C(c5ccc(Cl)cc5)c5ccc(Cl)cc5)cc34)CC2)cc1. The van der Waals surface area contributed by atoms with Crippen LogP contribution in [-0.4, -0.2) is 47.1 Å². The monoisotopic (exact) mass is 610 g/mol. The van der Waals surface area contributed by atoms with Gasteiger partial charge in [-0.15, -0.1) is 0 Å². The van der Waals surface area contributed by atoms with Gasteiger partial charge in [-0.25, -0.2) is 14.8 Å². The van der Waals surface area contributed by atoms with Crippen LogP contribution in [0.4, 0.5) is 5.82 Å². The minimum absolute atomic E-state index is 0.00286. The van der Waals surface area contributed by atoms with Gasteiger partial charge >= 0.3 is 5.97 Å². The molecule has 1 N–H and O–H groups in total. The Morgan fingerprint density at radius 1 is 0.860 bits per heavy atom. The number of piperidine rings is 1. The fourth-order valence-corrected chi connectivity index (χ4v) is 6.06. The quantitative estimate of drug-likeness (QED) is 0.142. The van der Waals surface area contributed by atoms with Crippen LogP contribution in [0.2, 0.25) is 10.0 Å². The van der Waals surface area contributed by atoms with Crippen molar-refractivity contribution in [2.45, 2.75) is 31.3 Å². The third kappa shape index (κ3) is 6.83. The molecule has 0 spiro atoms. The number of aromatic nitrogens is 2. The second-order valence-corrected chi connectivity index (χ2v) is 11.8. The van der Waals surface area contributed by atoms with Gasteiger partial charge in [0.15, 0.2) is 0 Å². The number of rotatable bonds is 8. The highest BCUT2D eigenvalue weighted by Gasteiger charge is 2.22. The summed E-state index contributed by atoms with van der Waals surface area (Å²) in [6, 6.07) is 30.4. The number of carbonyl (C=O) groups excluding carboxylic acids is 1. The molecule has 8 heteroatoms. The molecule has 0 bridgehead atoms. The standard InChI is InChI=1S/C35H32Cl2N4O2/c1-43-35(42)26-4-2-23(3-5-26)21-41-18-16-30(17-19-41)40-34-31-20-27(10-15-32(31)38-22-39-34)33(24-6-11-28(36)12-7-24)25-8-13-29(37)14-9-25/h2-15,20,22,30,33H,16-19,21H2,1H3,(H,38,39,40). The van der Waals surface area contributed by atoms with E-state index in [4.69, 9.17) is 27.9 Å². The zero-order chi connectivity index (χ0) is 29.8. The largest absolute Gasteiger partial charge is 0.465 e. The minimum Gasteiger partial charge on any atom is -0.465 e. The molecule has 1 saturated heterocycles. The number of nitrogens with one attached hydrogen (secondary N) is 1. The number of ether oxygens (including phenoxy) is 1. The maximum absolute atomic E-state index is 11.7. The normalized spacial score (nSPS) is 14.2. The van der Waals surface area contributed by atoms with E-state index >= 15 is 0 Å². The highest BCUT2D eigenvalue weighted by molar-refractivity contribution is 6.30. The van der Waals surface area contributed by atoms with E-state index in [0.717, 1.165) is 65.9 Å². The Bertz CT molecular complexity index is 1660. The zero-order valence-electron chi connectivity index (χ0n) is 23.8. The molecule has 1 aliphatic heterocycles. The molecule has 0 atom stereocenters. The Balaban J connectivity index is 1.19. The van der Waals surface area contributed by atoms with Crippen LogP contribution in [0.25, 0.3) is 10.9 Å². The molecule has 1 aromatic heterocycles. The second-order valence-electron chi connectivity index (χ2n) is 10.9. The van der Waals surface area contributed by atoms with E-state index in [-0.39, 0.29) is 11.9 Å². The molecule has 6 nitrogen and oxygen atoms in total. The molecule has 0 amide bonds. The number of carbonyl (C=O) groups is 1. The maximum Gasteiger partial charge on any atom is 0.337 e. The van der Waals surface area contributed by atoms with E-state index < -0.39 is 0 Å². The van der Waals surface area contributed by atoms with Gasteiger partial charge in [-0.3, -0.25) is 4.90 Å². The lowest BCUT2D eigenvalue weighted by molar-refractivity contribution is 0.0600. The molecule has 43 heavy (non-hydrogen) atoms. The Kier molecular flexibility index (Phi) is 8.89. The number of fused-ring (bicyclic) bond motifs is 1. The van der Waals surface area contributed by atoms with Crippen molar-refractivity contribution >= 4 is 45.9 Å². The fourth-order valence-electron chi connectivity index (χ4n) is 5.81. The molecule has 4 aromatic carbocycles. The number of esters is 1. The van der Waals surface area contributed by atoms with Gasteiger partial charge in [0.2, 0.25) is 0 Å². The molecule has 6 rings (SSSR count). The van der Waals surface area contributed by atoms with Crippen LogP contribution < -0.4 is 5.32 Å². The van der Waals surface area contributed by atoms with E-state index in [1.165, 1.54) is 12.7 Å². The van der Waals surface area contributed by atoms with Crippen molar-refractivity contribution in [3.8, 4) is 0 Å². The molecule has 0 unspecified atom stereocenters. The third-order valence-corrected chi connectivity index (χ3v) is 8.61. The average Bonchev–Trinajstić information content (AvgIpc) is 3.04. The van der Waals surface area contributed by atoms with E-state index in [9.17, 15) is 4.79 Å². The first kappa shape index (κ1) is 29.1. The molecule has 1 aliphatic rings. The fraction of sp³-hybridized carbons (Fsp3) is 0.229. The predicted molar refractivity (Wildman–Crippen MR) is 173 cm³/mol. The van der Waals surface area contributed by atoms with Gasteiger partial charge in [0.05, 0.1) is 18.2 Å². The lowest BCUT2D eigenvalue weighted by Crippen LogP contribution is -2.38. The zero-order valence-corrected chi connectivity index (χ0v) is 25.4. The molecule has 5 aromatic rings. The van der Waals surface area contributed by atoms with Gasteiger partial charge < -0.3 is 10.1 Å². The number of hydrogen-bond donors (Lipinski definition) is 1. The van der Waals surface area contributed by atoms with E-state index in [2.05, 4.69) is 62.6 Å².